The number of pyridine rings is 1. The Morgan fingerprint density at radius 3 is 2.47 bits per heavy atom. The molecule has 1 aromatic carbocycles. The number of hydrogen-bond donors (Lipinski definition) is 1. The minimum Gasteiger partial charge on any atom is -0.477 e. The fraction of sp³-hybridized carbons (Fsp3) is 0.143. The third-order valence-electron chi connectivity index (χ3n) is 2.79. The SMILES string of the molecule is Cc1cc(F)cc(-n2c(C)ccc(C(=O)O)c2=O)c1. The number of benzene rings is 1. The molecule has 0 saturated carbocycles. The van der Waals surface area contributed by atoms with E-state index < -0.39 is 17.3 Å². The van der Waals surface area contributed by atoms with E-state index in [1.54, 1.807) is 19.9 Å². The second kappa shape index (κ2) is 4.68. The van der Waals surface area contributed by atoms with Gasteiger partial charge in [-0.3, -0.25) is 9.36 Å². The Hall–Kier alpha value is -2.43. The van der Waals surface area contributed by atoms with Crippen molar-refractivity contribution in [2.45, 2.75) is 13.8 Å². The lowest BCUT2D eigenvalue weighted by Crippen LogP contribution is -2.26. The maximum atomic E-state index is 13.4. The molecule has 1 heterocycles. The van der Waals surface area contributed by atoms with E-state index in [2.05, 4.69) is 0 Å². The number of halogens is 1. The first-order chi connectivity index (χ1) is 8.90. The molecule has 0 fully saturated rings. The van der Waals surface area contributed by atoms with Crippen LogP contribution in [0.5, 0.6) is 0 Å². The van der Waals surface area contributed by atoms with Crippen LogP contribution < -0.4 is 5.56 Å². The molecule has 0 aliphatic carbocycles. The zero-order valence-corrected chi connectivity index (χ0v) is 10.5. The summed E-state index contributed by atoms with van der Waals surface area (Å²) in [6, 6.07) is 6.94. The van der Waals surface area contributed by atoms with Gasteiger partial charge in [-0.15, -0.1) is 0 Å². The number of carboxylic acids is 1. The van der Waals surface area contributed by atoms with Gasteiger partial charge < -0.3 is 5.11 Å². The van der Waals surface area contributed by atoms with E-state index in [0.29, 0.717) is 16.9 Å². The lowest BCUT2D eigenvalue weighted by molar-refractivity contribution is 0.0694. The summed E-state index contributed by atoms with van der Waals surface area (Å²) in [5.74, 6) is -1.77. The first-order valence-electron chi connectivity index (χ1n) is 5.63. The highest BCUT2D eigenvalue weighted by atomic mass is 19.1. The minimum atomic E-state index is -1.30. The number of aromatic nitrogens is 1. The van der Waals surface area contributed by atoms with Crippen LogP contribution in [-0.2, 0) is 0 Å². The predicted octanol–water partition coefficient (Wildman–Crippen LogP) is 2.29. The van der Waals surface area contributed by atoms with E-state index in [0.717, 1.165) is 0 Å². The predicted molar refractivity (Wildman–Crippen MR) is 68.4 cm³/mol. The van der Waals surface area contributed by atoms with Gasteiger partial charge >= 0.3 is 5.97 Å². The maximum Gasteiger partial charge on any atom is 0.341 e. The summed E-state index contributed by atoms with van der Waals surface area (Å²) in [5, 5.41) is 8.95. The van der Waals surface area contributed by atoms with Crippen LogP contribution in [0.25, 0.3) is 5.69 Å². The van der Waals surface area contributed by atoms with Crippen LogP contribution in [0.1, 0.15) is 21.6 Å². The molecule has 0 bridgehead atoms. The zero-order chi connectivity index (χ0) is 14.2. The molecule has 2 rings (SSSR count). The Labute approximate surface area is 108 Å². The van der Waals surface area contributed by atoms with E-state index in [-0.39, 0.29) is 5.56 Å². The Morgan fingerprint density at radius 1 is 1.21 bits per heavy atom. The minimum absolute atomic E-state index is 0.322. The molecule has 98 valence electrons. The van der Waals surface area contributed by atoms with Crippen LogP contribution in [0.2, 0.25) is 0 Å². The highest BCUT2D eigenvalue weighted by Crippen LogP contribution is 2.14. The average Bonchev–Trinajstić information content (AvgIpc) is 2.26. The van der Waals surface area contributed by atoms with Gasteiger partial charge in [-0.25, -0.2) is 9.18 Å². The molecule has 2 aromatic rings. The van der Waals surface area contributed by atoms with Crippen molar-refractivity contribution in [2.24, 2.45) is 0 Å². The Morgan fingerprint density at radius 2 is 1.89 bits per heavy atom. The smallest absolute Gasteiger partial charge is 0.341 e. The van der Waals surface area contributed by atoms with Crippen molar-refractivity contribution in [3.8, 4) is 5.69 Å². The molecule has 0 atom stereocenters. The molecule has 19 heavy (non-hydrogen) atoms. The first kappa shape index (κ1) is 13.0. The molecule has 0 amide bonds. The molecule has 5 heteroatoms. The molecule has 4 nitrogen and oxygen atoms in total. The first-order valence-corrected chi connectivity index (χ1v) is 5.63. The molecule has 0 unspecified atom stereocenters. The molecule has 1 N–H and O–H groups in total. The van der Waals surface area contributed by atoms with Crippen LogP contribution in [-0.4, -0.2) is 15.6 Å². The number of hydrogen-bond acceptors (Lipinski definition) is 2. The van der Waals surface area contributed by atoms with Crippen LogP contribution in [0.3, 0.4) is 0 Å². The van der Waals surface area contributed by atoms with Crippen molar-refractivity contribution in [3.63, 3.8) is 0 Å². The second-order valence-electron chi connectivity index (χ2n) is 4.32. The fourth-order valence-corrected chi connectivity index (χ4v) is 1.96. The molecule has 0 saturated heterocycles. The largest absolute Gasteiger partial charge is 0.477 e. The lowest BCUT2D eigenvalue weighted by atomic mass is 10.2. The number of carboxylic acid groups (broad SMARTS) is 1. The summed E-state index contributed by atoms with van der Waals surface area (Å²) < 4.78 is 14.6. The van der Waals surface area contributed by atoms with Crippen LogP contribution in [0.15, 0.2) is 35.1 Å². The summed E-state index contributed by atoms with van der Waals surface area (Å²) in [4.78, 5) is 23.1. The van der Waals surface area contributed by atoms with Crippen LogP contribution in [0, 0.1) is 19.7 Å². The highest BCUT2D eigenvalue weighted by Gasteiger charge is 2.14. The Bertz CT molecular complexity index is 699. The summed E-state index contributed by atoms with van der Waals surface area (Å²) in [6.07, 6.45) is 0. The number of aryl methyl sites for hydroxylation is 2. The Kier molecular flexibility index (Phi) is 3.21. The van der Waals surface area contributed by atoms with Crippen LogP contribution >= 0.6 is 0 Å². The van der Waals surface area contributed by atoms with Gasteiger partial charge in [0.05, 0.1) is 5.69 Å². The molecule has 0 spiro atoms. The van der Waals surface area contributed by atoms with Crippen LogP contribution in [0.4, 0.5) is 4.39 Å². The van der Waals surface area contributed by atoms with Gasteiger partial charge in [-0.1, -0.05) is 0 Å². The quantitative estimate of drug-likeness (QED) is 0.902. The summed E-state index contributed by atoms with van der Waals surface area (Å²) in [5.41, 5.74) is 0.509. The van der Waals surface area contributed by atoms with E-state index in [9.17, 15) is 14.0 Å². The Balaban J connectivity index is 2.78. The molecular formula is C14H12FNO3. The summed E-state index contributed by atoms with van der Waals surface area (Å²) >= 11 is 0. The van der Waals surface area contributed by atoms with Gasteiger partial charge in [-0.2, -0.15) is 0 Å². The lowest BCUT2D eigenvalue weighted by Gasteiger charge is -2.11. The van der Waals surface area contributed by atoms with Gasteiger partial charge in [0.2, 0.25) is 0 Å². The van der Waals surface area contributed by atoms with Gasteiger partial charge in [0.15, 0.2) is 0 Å². The molecule has 1 aromatic heterocycles. The highest BCUT2D eigenvalue weighted by molar-refractivity contribution is 5.87. The van der Waals surface area contributed by atoms with Crippen molar-refractivity contribution in [1.82, 2.24) is 4.57 Å². The number of nitrogens with zero attached hydrogens (tertiary/aromatic N) is 1. The van der Waals surface area contributed by atoms with E-state index in [4.69, 9.17) is 5.11 Å². The standard InChI is InChI=1S/C14H12FNO3/c1-8-5-10(15)7-11(6-8)16-9(2)3-4-12(13(16)17)14(18)19/h3-7H,1-2H3,(H,18,19). The van der Waals surface area contributed by atoms with E-state index in [1.165, 1.54) is 28.8 Å². The number of aromatic carboxylic acids is 1. The van der Waals surface area contributed by atoms with Crippen molar-refractivity contribution < 1.29 is 14.3 Å². The fourth-order valence-electron chi connectivity index (χ4n) is 1.96. The van der Waals surface area contributed by atoms with Gasteiger partial charge in [0.1, 0.15) is 11.4 Å². The number of carbonyl (C=O) groups is 1. The molecular weight excluding hydrogens is 249 g/mol. The van der Waals surface area contributed by atoms with Crippen molar-refractivity contribution in [2.75, 3.05) is 0 Å². The number of rotatable bonds is 2. The summed E-state index contributed by atoms with van der Waals surface area (Å²) in [7, 11) is 0. The molecule has 0 aliphatic heterocycles. The van der Waals surface area contributed by atoms with Crippen molar-refractivity contribution >= 4 is 5.97 Å². The summed E-state index contributed by atoms with van der Waals surface area (Å²) in [6.45, 7) is 3.36. The van der Waals surface area contributed by atoms with Gasteiger partial charge in [0.25, 0.3) is 5.56 Å². The third-order valence-corrected chi connectivity index (χ3v) is 2.79. The normalized spacial score (nSPS) is 10.5. The second-order valence-corrected chi connectivity index (χ2v) is 4.32. The topological polar surface area (TPSA) is 59.3 Å². The molecule has 0 aliphatic rings. The third kappa shape index (κ3) is 2.40. The van der Waals surface area contributed by atoms with Gasteiger partial charge in [-0.05, 0) is 49.7 Å². The maximum absolute atomic E-state index is 13.4. The van der Waals surface area contributed by atoms with Gasteiger partial charge in [0, 0.05) is 5.69 Å². The van der Waals surface area contributed by atoms with E-state index >= 15 is 0 Å². The average molecular weight is 261 g/mol. The van der Waals surface area contributed by atoms with Crippen molar-refractivity contribution in [3.05, 3.63) is 63.3 Å². The monoisotopic (exact) mass is 261 g/mol. The van der Waals surface area contributed by atoms with E-state index in [1.807, 2.05) is 0 Å². The van der Waals surface area contributed by atoms with Crippen molar-refractivity contribution in [1.29, 1.82) is 0 Å². The zero-order valence-electron chi connectivity index (χ0n) is 10.5. The molecule has 0 radical (unpaired) electrons.